The van der Waals surface area contributed by atoms with Crippen molar-refractivity contribution in [3.63, 3.8) is 0 Å². The third kappa shape index (κ3) is 8.34. The smallest absolute Gasteiger partial charge is 0.190 e. The van der Waals surface area contributed by atoms with Gasteiger partial charge in [0.1, 0.15) is 24.4 Å². The number of nitrogens with two attached hydrogens (primary N) is 1. The highest BCUT2D eigenvalue weighted by Crippen LogP contribution is 2.41. The van der Waals surface area contributed by atoms with Gasteiger partial charge in [-0.15, -0.1) is 0 Å². The molecule has 35 heavy (non-hydrogen) atoms. The van der Waals surface area contributed by atoms with E-state index in [1.807, 2.05) is 32.8 Å². The molecule has 8 nitrogen and oxygen atoms in total. The number of unbranched alkanes of at least 4 members (excludes halogenated alkanes) is 6. The van der Waals surface area contributed by atoms with E-state index in [0.717, 1.165) is 32.2 Å². The number of hydrogen-bond donors (Lipinski definition) is 1. The Labute approximate surface area is 213 Å². The van der Waals surface area contributed by atoms with Crippen molar-refractivity contribution in [3.05, 3.63) is 0 Å². The van der Waals surface area contributed by atoms with Crippen molar-refractivity contribution in [3.8, 4) is 0 Å². The molecule has 8 heteroatoms. The average Bonchev–Trinajstić information content (AvgIpc) is 3.48. The van der Waals surface area contributed by atoms with Crippen LogP contribution in [0, 0.1) is 0 Å². The summed E-state index contributed by atoms with van der Waals surface area (Å²) in [4.78, 5) is 6.36. The lowest BCUT2D eigenvalue weighted by Crippen LogP contribution is -2.47. The third-order valence-electron chi connectivity index (χ3n) is 7.34. The molecular weight excluding hydrogens is 448 g/mol. The molecule has 3 unspecified atom stereocenters. The summed E-state index contributed by atoms with van der Waals surface area (Å²) >= 11 is 0. The number of fused-ring (bicyclic) bond motifs is 1. The Morgan fingerprint density at radius 2 is 1.69 bits per heavy atom. The molecule has 0 radical (unpaired) electrons. The standard InChI is InChI=1S/C27H52N2O6/c1-7-9-10-11-12-13-14-18-30-22(8-2)31-26-25-24(33-27(5,6)34-25)23(32-26)20(4)35-29-17-15-16-21(29)19(3)28/h19-26H,7-18,28H2,1-6H3/t19?,20-,21?,22?,23-,24+,25+,26+/m1/s1. The molecule has 0 saturated carbocycles. The maximum Gasteiger partial charge on any atom is 0.190 e. The molecule has 8 atom stereocenters. The molecule has 3 aliphatic heterocycles. The van der Waals surface area contributed by atoms with E-state index in [9.17, 15) is 0 Å². The second-order valence-corrected chi connectivity index (χ2v) is 11.0. The van der Waals surface area contributed by atoms with Crippen LogP contribution in [0.15, 0.2) is 0 Å². The van der Waals surface area contributed by atoms with Gasteiger partial charge in [-0.3, -0.25) is 4.84 Å². The topological polar surface area (TPSA) is 84.6 Å². The number of rotatable bonds is 16. The van der Waals surface area contributed by atoms with E-state index < -0.39 is 12.1 Å². The van der Waals surface area contributed by atoms with E-state index in [1.165, 1.54) is 38.5 Å². The number of hydrogen-bond acceptors (Lipinski definition) is 8. The van der Waals surface area contributed by atoms with Crippen molar-refractivity contribution in [1.82, 2.24) is 5.06 Å². The molecule has 0 aromatic carbocycles. The van der Waals surface area contributed by atoms with Crippen LogP contribution in [0.3, 0.4) is 0 Å². The van der Waals surface area contributed by atoms with E-state index in [0.29, 0.717) is 6.61 Å². The van der Waals surface area contributed by atoms with E-state index >= 15 is 0 Å². The fraction of sp³-hybridized carbons (Fsp3) is 1.00. The second kappa shape index (κ2) is 14.0. The van der Waals surface area contributed by atoms with Gasteiger partial charge in [0.15, 0.2) is 18.4 Å². The first kappa shape index (κ1) is 29.2. The number of ether oxygens (including phenoxy) is 5. The van der Waals surface area contributed by atoms with Crippen LogP contribution in [0.25, 0.3) is 0 Å². The maximum absolute atomic E-state index is 6.37. The lowest BCUT2D eigenvalue weighted by molar-refractivity contribution is -0.301. The summed E-state index contributed by atoms with van der Waals surface area (Å²) in [5, 5.41) is 2.03. The predicted octanol–water partition coefficient (Wildman–Crippen LogP) is 4.88. The minimum atomic E-state index is -0.693. The molecule has 3 fully saturated rings. The second-order valence-electron chi connectivity index (χ2n) is 11.0. The van der Waals surface area contributed by atoms with Crippen LogP contribution in [0.4, 0.5) is 0 Å². The van der Waals surface area contributed by atoms with Crippen LogP contribution in [0.1, 0.15) is 106 Å². The lowest BCUT2D eigenvalue weighted by Gasteiger charge is -2.33. The van der Waals surface area contributed by atoms with Crippen molar-refractivity contribution < 1.29 is 28.5 Å². The van der Waals surface area contributed by atoms with Crippen LogP contribution in [-0.4, -0.2) is 73.1 Å². The summed E-state index contributed by atoms with van der Waals surface area (Å²) in [5.41, 5.74) is 6.19. The van der Waals surface area contributed by atoms with Crippen molar-refractivity contribution in [2.75, 3.05) is 13.2 Å². The van der Waals surface area contributed by atoms with Gasteiger partial charge in [0.25, 0.3) is 0 Å². The molecule has 3 heterocycles. The Morgan fingerprint density at radius 3 is 2.37 bits per heavy atom. The summed E-state index contributed by atoms with van der Waals surface area (Å²) in [5.74, 6) is -0.693. The molecule has 0 aromatic rings. The lowest BCUT2D eigenvalue weighted by atomic mass is 10.1. The normalized spacial score (nSPS) is 33.2. The van der Waals surface area contributed by atoms with Gasteiger partial charge < -0.3 is 29.4 Å². The zero-order valence-corrected chi connectivity index (χ0v) is 23.1. The van der Waals surface area contributed by atoms with Gasteiger partial charge in [0, 0.05) is 19.2 Å². The van der Waals surface area contributed by atoms with Gasteiger partial charge in [-0.2, -0.15) is 5.06 Å². The minimum Gasteiger partial charge on any atom is -0.353 e. The highest BCUT2D eigenvalue weighted by atomic mass is 16.8. The highest BCUT2D eigenvalue weighted by Gasteiger charge is 2.58. The Bertz CT molecular complexity index is 606. The largest absolute Gasteiger partial charge is 0.353 e. The first-order valence-electron chi connectivity index (χ1n) is 14.2. The fourth-order valence-electron chi connectivity index (χ4n) is 5.45. The number of nitrogens with zero attached hydrogens (tertiary/aromatic N) is 1. The zero-order valence-electron chi connectivity index (χ0n) is 23.1. The molecule has 0 spiro atoms. The van der Waals surface area contributed by atoms with Crippen LogP contribution in [0.2, 0.25) is 0 Å². The molecule has 3 rings (SSSR count). The molecule has 2 N–H and O–H groups in total. The Kier molecular flexibility index (Phi) is 11.7. The van der Waals surface area contributed by atoms with Crippen LogP contribution in [0.5, 0.6) is 0 Å². The Hall–Kier alpha value is -0.320. The van der Waals surface area contributed by atoms with E-state index in [1.54, 1.807) is 0 Å². The molecule has 0 amide bonds. The summed E-state index contributed by atoms with van der Waals surface area (Å²) in [7, 11) is 0. The summed E-state index contributed by atoms with van der Waals surface area (Å²) < 4.78 is 31.2. The van der Waals surface area contributed by atoms with Gasteiger partial charge >= 0.3 is 0 Å². The SMILES string of the molecule is CCCCCCCCCOC(CC)O[C@H]1O[C@H]([C@@H](C)ON2CCCC2C(C)N)[C@@H]2OC(C)(C)O[C@H]12. The van der Waals surface area contributed by atoms with Crippen molar-refractivity contribution in [1.29, 1.82) is 0 Å². The molecule has 0 aliphatic carbocycles. The van der Waals surface area contributed by atoms with Gasteiger partial charge in [-0.1, -0.05) is 52.4 Å². The van der Waals surface area contributed by atoms with E-state index in [4.69, 9.17) is 34.3 Å². The minimum absolute atomic E-state index is 0.0572. The molecule has 206 valence electrons. The van der Waals surface area contributed by atoms with Crippen LogP contribution < -0.4 is 5.73 Å². The summed E-state index contributed by atoms with van der Waals surface area (Å²) in [6, 6.07) is 0.283. The zero-order chi connectivity index (χ0) is 25.4. The van der Waals surface area contributed by atoms with Crippen molar-refractivity contribution in [2.45, 2.75) is 161 Å². The molecule has 0 bridgehead atoms. The van der Waals surface area contributed by atoms with Gasteiger partial charge in [0.2, 0.25) is 0 Å². The molecule has 0 aromatic heterocycles. The van der Waals surface area contributed by atoms with Gasteiger partial charge in [-0.25, -0.2) is 0 Å². The maximum atomic E-state index is 6.37. The molecule has 3 aliphatic rings. The monoisotopic (exact) mass is 500 g/mol. The highest BCUT2D eigenvalue weighted by molar-refractivity contribution is 4.98. The number of hydroxylamine groups is 2. The van der Waals surface area contributed by atoms with Crippen LogP contribution in [-0.2, 0) is 28.5 Å². The first-order valence-corrected chi connectivity index (χ1v) is 14.2. The predicted molar refractivity (Wildman–Crippen MR) is 136 cm³/mol. The average molecular weight is 501 g/mol. The molecule has 3 saturated heterocycles. The third-order valence-corrected chi connectivity index (χ3v) is 7.34. The van der Waals surface area contributed by atoms with Crippen LogP contribution >= 0.6 is 0 Å². The Morgan fingerprint density at radius 1 is 1.00 bits per heavy atom. The first-order chi connectivity index (χ1) is 16.8. The van der Waals surface area contributed by atoms with E-state index in [2.05, 4.69) is 13.8 Å². The van der Waals surface area contributed by atoms with E-state index in [-0.39, 0.29) is 42.8 Å². The molecular formula is C27H52N2O6. The van der Waals surface area contributed by atoms with Gasteiger partial charge in [0.05, 0.1) is 6.04 Å². The fourth-order valence-corrected chi connectivity index (χ4v) is 5.45. The van der Waals surface area contributed by atoms with Crippen molar-refractivity contribution in [2.24, 2.45) is 5.73 Å². The Balaban J connectivity index is 1.50. The van der Waals surface area contributed by atoms with Crippen molar-refractivity contribution >= 4 is 0 Å². The van der Waals surface area contributed by atoms with Gasteiger partial charge in [-0.05, 0) is 53.4 Å². The quantitative estimate of drug-likeness (QED) is 0.237. The summed E-state index contributed by atoms with van der Waals surface area (Å²) in [6.07, 6.45) is 9.70. The summed E-state index contributed by atoms with van der Waals surface area (Å²) in [6.45, 7) is 13.8.